The Morgan fingerprint density at radius 3 is 2.56 bits per heavy atom. The Bertz CT molecular complexity index is 478. The van der Waals surface area contributed by atoms with Crippen LogP contribution in [0.5, 0.6) is 5.75 Å². The summed E-state index contributed by atoms with van der Waals surface area (Å²) in [6.45, 7) is 2.08. The lowest BCUT2D eigenvalue weighted by Gasteiger charge is -2.18. The molecule has 0 atom stereocenters. The summed E-state index contributed by atoms with van der Waals surface area (Å²) in [5.74, 6) is 0.0851. The van der Waals surface area contributed by atoms with Gasteiger partial charge < -0.3 is 9.84 Å². The molecule has 0 aromatic heterocycles. The predicted octanol–water partition coefficient (Wildman–Crippen LogP) is 3.10. The van der Waals surface area contributed by atoms with Crippen molar-refractivity contribution in [3.05, 3.63) is 23.3 Å². The summed E-state index contributed by atoms with van der Waals surface area (Å²) in [5, 5.41) is 9.42. The lowest BCUT2D eigenvalue weighted by Crippen LogP contribution is -2.20. The molecule has 1 aromatic carbocycles. The lowest BCUT2D eigenvalue weighted by atomic mass is 9.94. The Kier molecular flexibility index (Phi) is 3.57. The molecule has 0 heterocycles. The molecular weight excluding hydrogens is 248 g/mol. The van der Waals surface area contributed by atoms with Gasteiger partial charge in [-0.05, 0) is 48.8 Å². The maximum Gasteiger partial charge on any atom is 0.314 e. The highest BCUT2D eigenvalue weighted by Gasteiger charge is 2.53. The monoisotopic (exact) mass is 266 g/mol. The number of hydrogen-bond donors (Lipinski definition) is 1. The first-order valence-corrected chi connectivity index (χ1v) is 7.30. The zero-order chi connectivity index (χ0) is 13.3. The van der Waals surface area contributed by atoms with E-state index in [9.17, 15) is 9.90 Å². The van der Waals surface area contributed by atoms with E-state index in [0.717, 1.165) is 41.0 Å². The standard InChI is InChI=1S/C14H18O3S/c1-4-9-7-12(18-3)10(8-11(9)17-2)14(5-6-14)13(15)16/h7-8H,4-6H2,1-3H3,(H,15,16). The Morgan fingerprint density at radius 1 is 1.50 bits per heavy atom. The van der Waals surface area contributed by atoms with Crippen LogP contribution >= 0.6 is 11.8 Å². The number of aryl methyl sites for hydroxylation is 1. The molecule has 1 saturated carbocycles. The highest BCUT2D eigenvalue weighted by molar-refractivity contribution is 7.98. The molecule has 1 aliphatic carbocycles. The minimum absolute atomic E-state index is 0.669. The molecule has 1 aromatic rings. The summed E-state index contributed by atoms with van der Waals surface area (Å²) < 4.78 is 5.38. The summed E-state index contributed by atoms with van der Waals surface area (Å²) in [4.78, 5) is 12.5. The Morgan fingerprint density at radius 2 is 2.17 bits per heavy atom. The quantitative estimate of drug-likeness (QED) is 0.832. The Labute approximate surface area is 112 Å². The van der Waals surface area contributed by atoms with Crippen molar-refractivity contribution < 1.29 is 14.6 Å². The third kappa shape index (κ3) is 1.99. The van der Waals surface area contributed by atoms with Crippen molar-refractivity contribution in [1.82, 2.24) is 0 Å². The molecule has 0 spiro atoms. The van der Waals surface area contributed by atoms with E-state index in [2.05, 4.69) is 13.0 Å². The first-order valence-electron chi connectivity index (χ1n) is 6.07. The van der Waals surface area contributed by atoms with Crippen molar-refractivity contribution in [3.8, 4) is 5.75 Å². The van der Waals surface area contributed by atoms with Crippen molar-refractivity contribution in [2.75, 3.05) is 13.4 Å². The fraction of sp³-hybridized carbons (Fsp3) is 0.500. The zero-order valence-corrected chi connectivity index (χ0v) is 11.8. The van der Waals surface area contributed by atoms with Gasteiger partial charge >= 0.3 is 5.97 Å². The number of aliphatic carboxylic acids is 1. The molecule has 4 heteroatoms. The van der Waals surface area contributed by atoms with E-state index in [-0.39, 0.29) is 0 Å². The van der Waals surface area contributed by atoms with Gasteiger partial charge in [-0.2, -0.15) is 0 Å². The third-order valence-corrected chi connectivity index (χ3v) is 4.44. The van der Waals surface area contributed by atoms with Crippen molar-refractivity contribution in [1.29, 1.82) is 0 Å². The highest BCUT2D eigenvalue weighted by atomic mass is 32.2. The number of methoxy groups -OCH3 is 1. The van der Waals surface area contributed by atoms with Crippen molar-refractivity contribution in [2.24, 2.45) is 0 Å². The molecule has 0 bridgehead atoms. The zero-order valence-electron chi connectivity index (χ0n) is 10.9. The highest BCUT2D eigenvalue weighted by Crippen LogP contribution is 2.52. The van der Waals surface area contributed by atoms with Crippen LogP contribution in [-0.2, 0) is 16.6 Å². The van der Waals surface area contributed by atoms with Crippen LogP contribution in [-0.4, -0.2) is 24.4 Å². The number of hydrogen-bond acceptors (Lipinski definition) is 3. The number of thioether (sulfide) groups is 1. The van der Waals surface area contributed by atoms with Crippen LogP contribution in [0.1, 0.15) is 30.9 Å². The summed E-state index contributed by atoms with van der Waals surface area (Å²) in [5.41, 5.74) is 1.38. The van der Waals surface area contributed by atoms with E-state index in [1.807, 2.05) is 12.3 Å². The maximum atomic E-state index is 11.5. The molecule has 0 saturated heterocycles. The van der Waals surface area contributed by atoms with Crippen LogP contribution in [0.2, 0.25) is 0 Å². The second-order valence-corrected chi connectivity index (χ2v) is 5.45. The Balaban J connectivity index is 2.56. The van der Waals surface area contributed by atoms with Crippen LogP contribution in [0.15, 0.2) is 17.0 Å². The number of ether oxygens (including phenoxy) is 1. The van der Waals surface area contributed by atoms with Gasteiger partial charge in [0.15, 0.2) is 0 Å². The van der Waals surface area contributed by atoms with Gasteiger partial charge in [0.05, 0.1) is 12.5 Å². The average Bonchev–Trinajstić information content (AvgIpc) is 3.18. The lowest BCUT2D eigenvalue weighted by molar-refractivity contribution is -0.140. The molecule has 18 heavy (non-hydrogen) atoms. The first-order chi connectivity index (χ1) is 8.58. The van der Waals surface area contributed by atoms with E-state index in [4.69, 9.17) is 4.74 Å². The Hall–Kier alpha value is -1.16. The molecule has 2 rings (SSSR count). The molecule has 0 radical (unpaired) electrons. The normalized spacial score (nSPS) is 16.4. The van der Waals surface area contributed by atoms with Gasteiger partial charge in [0, 0.05) is 4.90 Å². The number of carboxylic acid groups (broad SMARTS) is 1. The summed E-state index contributed by atoms with van der Waals surface area (Å²) in [6.07, 6.45) is 4.33. The molecule has 3 nitrogen and oxygen atoms in total. The molecule has 0 amide bonds. The van der Waals surface area contributed by atoms with E-state index < -0.39 is 11.4 Å². The predicted molar refractivity (Wildman–Crippen MR) is 72.7 cm³/mol. The molecule has 1 N–H and O–H groups in total. The summed E-state index contributed by atoms with van der Waals surface area (Å²) >= 11 is 1.61. The van der Waals surface area contributed by atoms with Gasteiger partial charge in [-0.15, -0.1) is 11.8 Å². The largest absolute Gasteiger partial charge is 0.496 e. The summed E-state index contributed by atoms with van der Waals surface area (Å²) in [6, 6.07) is 3.99. The topological polar surface area (TPSA) is 46.5 Å². The van der Waals surface area contributed by atoms with Crippen LogP contribution in [0, 0.1) is 0 Å². The van der Waals surface area contributed by atoms with Crippen LogP contribution < -0.4 is 4.74 Å². The third-order valence-electron chi connectivity index (χ3n) is 3.66. The number of benzene rings is 1. The van der Waals surface area contributed by atoms with Crippen molar-refractivity contribution in [3.63, 3.8) is 0 Å². The van der Waals surface area contributed by atoms with Crippen LogP contribution in [0.25, 0.3) is 0 Å². The van der Waals surface area contributed by atoms with E-state index in [1.165, 1.54) is 0 Å². The molecule has 1 aliphatic rings. The number of carbonyl (C=O) groups is 1. The van der Waals surface area contributed by atoms with Crippen molar-refractivity contribution >= 4 is 17.7 Å². The summed E-state index contributed by atoms with van der Waals surface area (Å²) in [7, 11) is 1.64. The van der Waals surface area contributed by atoms with E-state index in [1.54, 1.807) is 18.9 Å². The van der Waals surface area contributed by atoms with Gasteiger partial charge in [0.25, 0.3) is 0 Å². The van der Waals surface area contributed by atoms with Crippen molar-refractivity contribution in [2.45, 2.75) is 36.5 Å². The van der Waals surface area contributed by atoms with E-state index >= 15 is 0 Å². The molecule has 0 unspecified atom stereocenters. The van der Waals surface area contributed by atoms with Gasteiger partial charge in [-0.1, -0.05) is 6.92 Å². The van der Waals surface area contributed by atoms with Crippen LogP contribution in [0.3, 0.4) is 0 Å². The maximum absolute atomic E-state index is 11.5. The molecular formula is C14H18O3S. The minimum atomic E-state index is -0.718. The first kappa shape index (κ1) is 13.3. The minimum Gasteiger partial charge on any atom is -0.496 e. The smallest absolute Gasteiger partial charge is 0.314 e. The average molecular weight is 266 g/mol. The SMILES string of the molecule is CCc1cc(SC)c(C2(C(=O)O)CC2)cc1OC. The second-order valence-electron chi connectivity index (χ2n) is 4.61. The fourth-order valence-corrected chi connectivity index (χ4v) is 3.07. The molecule has 1 fully saturated rings. The fourth-order valence-electron chi connectivity index (χ4n) is 2.33. The van der Waals surface area contributed by atoms with Gasteiger partial charge in [-0.25, -0.2) is 0 Å². The molecule has 0 aliphatic heterocycles. The van der Waals surface area contributed by atoms with Gasteiger partial charge in [0.2, 0.25) is 0 Å². The number of rotatable bonds is 5. The van der Waals surface area contributed by atoms with Gasteiger partial charge in [0.1, 0.15) is 5.75 Å². The second kappa shape index (κ2) is 4.84. The van der Waals surface area contributed by atoms with Crippen LogP contribution in [0.4, 0.5) is 0 Å². The van der Waals surface area contributed by atoms with Gasteiger partial charge in [-0.3, -0.25) is 4.79 Å². The molecule has 98 valence electrons. The van der Waals surface area contributed by atoms with E-state index in [0.29, 0.717) is 0 Å². The number of carboxylic acids is 1.